The second-order valence-corrected chi connectivity index (χ2v) is 5.61. The van der Waals surface area contributed by atoms with E-state index in [9.17, 15) is 0 Å². The van der Waals surface area contributed by atoms with Gasteiger partial charge in [-0.05, 0) is 48.6 Å². The molecule has 1 aromatic heterocycles. The predicted molar refractivity (Wildman–Crippen MR) is 79.4 cm³/mol. The fraction of sp³-hybridized carbons (Fsp3) is 0.385. The third-order valence-electron chi connectivity index (χ3n) is 2.80. The van der Waals surface area contributed by atoms with Crippen LogP contribution < -0.4 is 11.5 Å². The zero-order chi connectivity index (χ0) is 13.7. The Morgan fingerprint density at radius 3 is 2.68 bits per heavy atom. The molecule has 19 heavy (non-hydrogen) atoms. The topological polar surface area (TPSA) is 77.8 Å². The van der Waals surface area contributed by atoms with Gasteiger partial charge in [-0.25, -0.2) is 4.98 Å². The van der Waals surface area contributed by atoms with Crippen LogP contribution in [0.3, 0.4) is 0 Å². The van der Waals surface area contributed by atoms with Gasteiger partial charge < -0.3 is 11.5 Å². The van der Waals surface area contributed by atoms with Crippen LogP contribution >= 0.6 is 23.1 Å². The molecule has 1 atom stereocenters. The maximum absolute atomic E-state index is 6.04. The van der Waals surface area contributed by atoms with Crippen LogP contribution in [0.15, 0.2) is 24.3 Å². The van der Waals surface area contributed by atoms with E-state index in [2.05, 4.69) is 9.36 Å². The van der Waals surface area contributed by atoms with Crippen molar-refractivity contribution in [1.82, 2.24) is 9.36 Å². The van der Waals surface area contributed by atoms with Crippen molar-refractivity contribution in [3.8, 4) is 0 Å². The van der Waals surface area contributed by atoms with Crippen molar-refractivity contribution in [2.24, 2.45) is 11.5 Å². The molecule has 0 aliphatic heterocycles. The van der Waals surface area contributed by atoms with Gasteiger partial charge in [0.2, 0.25) is 0 Å². The Labute approximate surface area is 122 Å². The third-order valence-corrected chi connectivity index (χ3v) is 3.93. The van der Waals surface area contributed by atoms with Gasteiger partial charge in [0, 0.05) is 11.4 Å². The first-order valence-corrected chi connectivity index (χ1v) is 7.36. The Hall–Kier alpha value is -1.01. The zero-order valence-corrected chi connectivity index (χ0v) is 12.1. The van der Waals surface area contributed by atoms with Crippen molar-refractivity contribution in [1.29, 1.82) is 0 Å². The number of rotatable bonds is 6. The molecular weight excluding hydrogens is 280 g/mol. The Bertz CT molecular complexity index is 512. The lowest BCUT2D eigenvalue weighted by atomic mass is 10.1. The highest BCUT2D eigenvalue weighted by molar-refractivity contribution is 7.05. The molecule has 0 aliphatic carbocycles. The summed E-state index contributed by atoms with van der Waals surface area (Å²) in [6, 6.07) is 7.66. The highest BCUT2D eigenvalue weighted by Gasteiger charge is 2.12. The average molecular weight is 297 g/mol. The van der Waals surface area contributed by atoms with Crippen LogP contribution in [0, 0.1) is 0 Å². The first-order valence-electron chi connectivity index (χ1n) is 6.21. The summed E-state index contributed by atoms with van der Waals surface area (Å²) in [5.41, 5.74) is 12.7. The van der Waals surface area contributed by atoms with Gasteiger partial charge >= 0.3 is 0 Å². The Kier molecular flexibility index (Phi) is 5.27. The average Bonchev–Trinajstić information content (AvgIpc) is 2.87. The minimum Gasteiger partial charge on any atom is -0.330 e. The van der Waals surface area contributed by atoms with Crippen LogP contribution in [0.1, 0.15) is 35.3 Å². The van der Waals surface area contributed by atoms with Crippen LogP contribution in [-0.4, -0.2) is 15.9 Å². The molecule has 1 aromatic carbocycles. The quantitative estimate of drug-likeness (QED) is 0.858. The molecule has 0 fully saturated rings. The SMILES string of the molecule is NCCCC(N)c1nc(Cc2ccc(Cl)cc2)ns1. The zero-order valence-electron chi connectivity index (χ0n) is 10.6. The number of benzene rings is 1. The summed E-state index contributed by atoms with van der Waals surface area (Å²) in [7, 11) is 0. The molecule has 2 rings (SSSR count). The smallest absolute Gasteiger partial charge is 0.147 e. The second-order valence-electron chi connectivity index (χ2n) is 4.39. The first kappa shape index (κ1) is 14.4. The number of nitrogens with two attached hydrogens (primary N) is 2. The summed E-state index contributed by atoms with van der Waals surface area (Å²) in [5, 5.41) is 1.62. The Morgan fingerprint density at radius 1 is 1.26 bits per heavy atom. The molecule has 4 N–H and O–H groups in total. The van der Waals surface area contributed by atoms with Gasteiger partial charge in [0.1, 0.15) is 10.8 Å². The molecule has 4 nitrogen and oxygen atoms in total. The van der Waals surface area contributed by atoms with E-state index in [4.69, 9.17) is 23.1 Å². The molecule has 1 heterocycles. The van der Waals surface area contributed by atoms with E-state index < -0.39 is 0 Å². The summed E-state index contributed by atoms with van der Waals surface area (Å²) >= 11 is 7.23. The van der Waals surface area contributed by atoms with E-state index in [1.807, 2.05) is 24.3 Å². The molecule has 0 radical (unpaired) electrons. The molecule has 6 heteroatoms. The molecule has 0 saturated carbocycles. The molecule has 2 aromatic rings. The summed E-state index contributed by atoms with van der Waals surface area (Å²) in [5.74, 6) is 0.811. The van der Waals surface area contributed by atoms with Crippen LogP contribution in [0.25, 0.3) is 0 Å². The lowest BCUT2D eigenvalue weighted by molar-refractivity contribution is 0.613. The third kappa shape index (κ3) is 4.24. The number of aromatic nitrogens is 2. The number of nitrogens with zero attached hydrogens (tertiary/aromatic N) is 2. The van der Waals surface area contributed by atoms with Gasteiger partial charge in [-0.1, -0.05) is 23.7 Å². The molecule has 0 saturated heterocycles. The van der Waals surface area contributed by atoms with E-state index in [-0.39, 0.29) is 6.04 Å². The maximum Gasteiger partial charge on any atom is 0.147 e. The van der Waals surface area contributed by atoms with Crippen LogP contribution in [0.2, 0.25) is 5.02 Å². The van der Waals surface area contributed by atoms with E-state index in [1.54, 1.807) is 0 Å². The molecule has 1 unspecified atom stereocenters. The number of hydrogen-bond acceptors (Lipinski definition) is 5. The van der Waals surface area contributed by atoms with E-state index >= 15 is 0 Å². The molecular formula is C13H17ClN4S. The van der Waals surface area contributed by atoms with Gasteiger partial charge in [0.05, 0.1) is 6.04 Å². The summed E-state index contributed by atoms with van der Waals surface area (Å²) < 4.78 is 4.35. The lowest BCUT2D eigenvalue weighted by Crippen LogP contribution is -2.12. The summed E-state index contributed by atoms with van der Waals surface area (Å²) in [4.78, 5) is 4.49. The number of halogens is 1. The normalized spacial score (nSPS) is 12.6. The standard InChI is InChI=1S/C13H17ClN4S/c14-10-5-3-9(4-6-10)8-12-17-13(19-18-12)11(16)2-1-7-15/h3-6,11H,1-2,7-8,15-16H2. The fourth-order valence-corrected chi connectivity index (χ4v) is 2.57. The van der Waals surface area contributed by atoms with Gasteiger partial charge in [-0.2, -0.15) is 4.37 Å². The highest BCUT2D eigenvalue weighted by atomic mass is 35.5. The van der Waals surface area contributed by atoms with Gasteiger partial charge in [0.25, 0.3) is 0 Å². The van der Waals surface area contributed by atoms with Crippen molar-refractivity contribution in [3.63, 3.8) is 0 Å². The Morgan fingerprint density at radius 2 is 2.00 bits per heavy atom. The molecule has 0 bridgehead atoms. The van der Waals surface area contributed by atoms with Crippen molar-refractivity contribution in [2.75, 3.05) is 6.54 Å². The molecule has 0 amide bonds. The maximum atomic E-state index is 6.04. The van der Waals surface area contributed by atoms with Crippen LogP contribution in [0.5, 0.6) is 0 Å². The molecule has 0 aliphatic rings. The van der Waals surface area contributed by atoms with Gasteiger partial charge in [-0.3, -0.25) is 0 Å². The monoisotopic (exact) mass is 296 g/mol. The van der Waals surface area contributed by atoms with Gasteiger partial charge in [-0.15, -0.1) is 0 Å². The first-order chi connectivity index (χ1) is 9.19. The summed E-state index contributed by atoms with van der Waals surface area (Å²) in [6.45, 7) is 0.657. The largest absolute Gasteiger partial charge is 0.330 e. The van der Waals surface area contributed by atoms with Crippen LogP contribution in [-0.2, 0) is 6.42 Å². The highest BCUT2D eigenvalue weighted by Crippen LogP contribution is 2.19. The van der Waals surface area contributed by atoms with Crippen molar-refractivity contribution in [2.45, 2.75) is 25.3 Å². The van der Waals surface area contributed by atoms with Crippen molar-refractivity contribution >= 4 is 23.1 Å². The molecule has 102 valence electrons. The summed E-state index contributed by atoms with van der Waals surface area (Å²) in [6.07, 6.45) is 2.47. The van der Waals surface area contributed by atoms with Crippen molar-refractivity contribution in [3.05, 3.63) is 45.7 Å². The van der Waals surface area contributed by atoms with Crippen LogP contribution in [0.4, 0.5) is 0 Å². The van der Waals surface area contributed by atoms with Gasteiger partial charge in [0.15, 0.2) is 0 Å². The second kappa shape index (κ2) is 6.96. The van der Waals surface area contributed by atoms with E-state index in [1.165, 1.54) is 11.5 Å². The fourth-order valence-electron chi connectivity index (χ4n) is 1.74. The Balaban J connectivity index is 1.98. The predicted octanol–water partition coefficient (Wildman–Crippen LogP) is 2.52. The minimum absolute atomic E-state index is 0.0555. The van der Waals surface area contributed by atoms with Crippen molar-refractivity contribution < 1.29 is 0 Å². The lowest BCUT2D eigenvalue weighted by Gasteiger charge is -2.05. The van der Waals surface area contributed by atoms with E-state index in [0.717, 1.165) is 34.3 Å². The molecule has 0 spiro atoms. The minimum atomic E-state index is -0.0555. The number of hydrogen-bond donors (Lipinski definition) is 2. The van der Waals surface area contributed by atoms with E-state index in [0.29, 0.717) is 13.0 Å².